The summed E-state index contributed by atoms with van der Waals surface area (Å²) >= 11 is 1.83. The molecule has 1 atom stereocenters. The summed E-state index contributed by atoms with van der Waals surface area (Å²) in [5.74, 6) is 1.01. The second-order valence-electron chi connectivity index (χ2n) is 3.56. The molecule has 0 spiro atoms. The van der Waals surface area contributed by atoms with E-state index in [9.17, 15) is 0 Å². The zero-order chi connectivity index (χ0) is 10.3. The highest BCUT2D eigenvalue weighted by Gasteiger charge is 2.29. The van der Waals surface area contributed by atoms with Crippen LogP contribution in [0.5, 0.6) is 0 Å². The van der Waals surface area contributed by atoms with E-state index < -0.39 is 0 Å². The number of furan rings is 1. The van der Waals surface area contributed by atoms with Gasteiger partial charge in [0.25, 0.3) is 0 Å². The van der Waals surface area contributed by atoms with Gasteiger partial charge >= 0.3 is 0 Å². The van der Waals surface area contributed by atoms with Gasteiger partial charge < -0.3 is 9.32 Å². The number of anilines is 1. The summed E-state index contributed by atoms with van der Waals surface area (Å²) in [6.45, 7) is 0. The van der Waals surface area contributed by atoms with Crippen molar-refractivity contribution in [1.82, 2.24) is 0 Å². The van der Waals surface area contributed by atoms with E-state index in [0.717, 1.165) is 5.76 Å². The van der Waals surface area contributed by atoms with Gasteiger partial charge in [0.2, 0.25) is 0 Å². The quantitative estimate of drug-likeness (QED) is 0.727. The Balaban J connectivity index is 2.00. The molecule has 15 heavy (non-hydrogen) atoms. The number of hydrogen-bond donors (Lipinski definition) is 0. The molecule has 0 bridgehead atoms. The Morgan fingerprint density at radius 2 is 2.07 bits per heavy atom. The lowest BCUT2D eigenvalue weighted by molar-refractivity contribution is 0.505. The molecule has 0 fully saturated rings. The Hall–Kier alpha value is -1.35. The van der Waals surface area contributed by atoms with E-state index in [0.29, 0.717) is 0 Å². The third-order valence-corrected chi connectivity index (χ3v) is 3.99. The van der Waals surface area contributed by atoms with E-state index in [4.69, 9.17) is 4.42 Å². The van der Waals surface area contributed by atoms with Gasteiger partial charge in [-0.25, -0.2) is 0 Å². The molecular weight excluding hydrogens is 206 g/mol. The third-order valence-electron chi connectivity index (χ3n) is 2.62. The van der Waals surface area contributed by atoms with Gasteiger partial charge in [-0.15, -0.1) is 0 Å². The molecule has 2 nitrogen and oxygen atoms in total. The largest absolute Gasteiger partial charge is 0.466 e. The van der Waals surface area contributed by atoms with E-state index in [2.05, 4.69) is 36.2 Å². The predicted molar refractivity (Wildman–Crippen MR) is 62.2 cm³/mol. The molecule has 0 aliphatic carbocycles. The molecule has 3 rings (SSSR count). The fraction of sp³-hybridized carbons (Fsp3) is 0.167. The molecular formula is C12H11NOS. The zero-order valence-electron chi connectivity index (χ0n) is 8.38. The lowest BCUT2D eigenvalue weighted by atomic mass is 10.3. The van der Waals surface area contributed by atoms with Crippen LogP contribution in [0.25, 0.3) is 0 Å². The molecule has 2 aromatic rings. The Morgan fingerprint density at radius 1 is 1.20 bits per heavy atom. The molecule has 0 radical (unpaired) electrons. The molecule has 1 aliphatic rings. The van der Waals surface area contributed by atoms with Crippen LogP contribution in [-0.4, -0.2) is 7.05 Å². The lowest BCUT2D eigenvalue weighted by Crippen LogP contribution is -2.16. The maximum absolute atomic E-state index is 5.46. The number of thioether (sulfide) groups is 1. The van der Waals surface area contributed by atoms with Crippen LogP contribution in [0, 0.1) is 0 Å². The lowest BCUT2D eigenvalue weighted by Gasteiger charge is -2.19. The first-order chi connectivity index (χ1) is 7.36. The molecule has 1 aliphatic heterocycles. The Morgan fingerprint density at radius 3 is 2.80 bits per heavy atom. The van der Waals surface area contributed by atoms with Crippen molar-refractivity contribution >= 4 is 17.4 Å². The average molecular weight is 217 g/mol. The average Bonchev–Trinajstić information content (AvgIpc) is 2.87. The zero-order valence-corrected chi connectivity index (χ0v) is 9.20. The summed E-state index contributed by atoms with van der Waals surface area (Å²) in [6.07, 6.45) is 1.73. The minimum absolute atomic E-state index is 0.275. The Labute approximate surface area is 92.9 Å². The van der Waals surface area contributed by atoms with Crippen molar-refractivity contribution < 1.29 is 4.42 Å². The summed E-state index contributed by atoms with van der Waals surface area (Å²) in [5, 5.41) is 0.275. The minimum Gasteiger partial charge on any atom is -0.466 e. The molecule has 1 unspecified atom stereocenters. The van der Waals surface area contributed by atoms with Crippen molar-refractivity contribution in [3.05, 3.63) is 48.4 Å². The van der Waals surface area contributed by atoms with E-state index in [1.54, 1.807) is 6.26 Å². The van der Waals surface area contributed by atoms with Gasteiger partial charge in [0.1, 0.15) is 11.1 Å². The van der Waals surface area contributed by atoms with Gasteiger partial charge in [-0.2, -0.15) is 0 Å². The molecule has 3 heteroatoms. The van der Waals surface area contributed by atoms with Crippen molar-refractivity contribution in [2.75, 3.05) is 11.9 Å². The number of benzene rings is 1. The molecule has 76 valence electrons. The molecule has 0 amide bonds. The summed E-state index contributed by atoms with van der Waals surface area (Å²) in [4.78, 5) is 3.57. The fourth-order valence-corrected chi connectivity index (χ4v) is 3.11. The van der Waals surface area contributed by atoms with E-state index in [1.165, 1.54) is 10.6 Å². The summed E-state index contributed by atoms with van der Waals surface area (Å²) in [5.41, 5.74) is 1.28. The number of hydrogen-bond acceptors (Lipinski definition) is 3. The molecule has 0 N–H and O–H groups in total. The first-order valence-electron chi connectivity index (χ1n) is 4.88. The van der Waals surface area contributed by atoms with Crippen molar-refractivity contribution in [1.29, 1.82) is 0 Å². The van der Waals surface area contributed by atoms with E-state index >= 15 is 0 Å². The first-order valence-corrected chi connectivity index (χ1v) is 5.76. The van der Waals surface area contributed by atoms with Crippen molar-refractivity contribution in [2.45, 2.75) is 10.3 Å². The molecule has 1 aromatic carbocycles. The summed E-state index contributed by atoms with van der Waals surface area (Å²) < 4.78 is 5.46. The molecule has 0 saturated carbocycles. The number of fused-ring (bicyclic) bond motifs is 1. The van der Waals surface area contributed by atoms with Crippen LogP contribution in [0.4, 0.5) is 5.69 Å². The van der Waals surface area contributed by atoms with Gasteiger partial charge in [0.15, 0.2) is 0 Å². The van der Waals surface area contributed by atoms with Crippen molar-refractivity contribution in [2.24, 2.45) is 0 Å². The van der Waals surface area contributed by atoms with Gasteiger partial charge in [-0.3, -0.25) is 0 Å². The maximum Gasteiger partial charge on any atom is 0.138 e. The van der Waals surface area contributed by atoms with Gasteiger partial charge in [0, 0.05) is 11.9 Å². The third kappa shape index (κ3) is 1.35. The van der Waals surface area contributed by atoms with Crippen molar-refractivity contribution in [3.8, 4) is 0 Å². The second-order valence-corrected chi connectivity index (χ2v) is 4.69. The topological polar surface area (TPSA) is 16.4 Å². The highest BCUT2D eigenvalue weighted by molar-refractivity contribution is 8.00. The molecule has 1 aromatic heterocycles. The maximum atomic E-state index is 5.46. The van der Waals surface area contributed by atoms with Gasteiger partial charge in [0.05, 0.1) is 12.0 Å². The van der Waals surface area contributed by atoms with Gasteiger partial charge in [-0.05, 0) is 24.3 Å². The van der Waals surface area contributed by atoms with E-state index in [-0.39, 0.29) is 5.37 Å². The highest BCUT2D eigenvalue weighted by Crippen LogP contribution is 2.50. The summed E-state index contributed by atoms with van der Waals surface area (Å²) in [7, 11) is 2.10. The minimum atomic E-state index is 0.275. The fourth-order valence-electron chi connectivity index (χ4n) is 1.85. The molecule has 0 saturated heterocycles. The van der Waals surface area contributed by atoms with Crippen LogP contribution in [0.1, 0.15) is 11.1 Å². The predicted octanol–water partition coefficient (Wildman–Crippen LogP) is 3.52. The smallest absolute Gasteiger partial charge is 0.138 e. The Bertz CT molecular complexity index is 466. The van der Waals surface area contributed by atoms with Crippen LogP contribution < -0.4 is 4.90 Å². The second kappa shape index (κ2) is 3.35. The summed E-state index contributed by atoms with van der Waals surface area (Å²) in [6, 6.07) is 12.4. The van der Waals surface area contributed by atoms with Crippen LogP contribution in [0.15, 0.2) is 52.0 Å². The van der Waals surface area contributed by atoms with Crippen LogP contribution >= 0.6 is 11.8 Å². The Kier molecular flexibility index (Phi) is 1.99. The van der Waals surface area contributed by atoms with Crippen LogP contribution in [-0.2, 0) is 0 Å². The standard InChI is InChI=1S/C12H11NOS/c1-13-9-5-2-3-7-11(9)15-12(13)10-6-4-8-14-10/h2-8,12H,1H3. The van der Waals surface area contributed by atoms with Crippen molar-refractivity contribution in [3.63, 3.8) is 0 Å². The molecule has 2 heterocycles. The van der Waals surface area contributed by atoms with Crippen LogP contribution in [0.3, 0.4) is 0 Å². The monoisotopic (exact) mass is 217 g/mol. The normalized spacial score (nSPS) is 19.3. The number of para-hydroxylation sites is 1. The number of rotatable bonds is 1. The van der Waals surface area contributed by atoms with Crippen LogP contribution in [0.2, 0.25) is 0 Å². The van der Waals surface area contributed by atoms with E-state index in [1.807, 2.05) is 23.9 Å². The number of nitrogens with zero attached hydrogens (tertiary/aromatic N) is 1. The first kappa shape index (κ1) is 8.92. The highest BCUT2D eigenvalue weighted by atomic mass is 32.2. The SMILES string of the molecule is CN1c2ccccc2SC1c1ccco1. The van der Waals surface area contributed by atoms with Gasteiger partial charge in [-0.1, -0.05) is 23.9 Å².